The average Bonchev–Trinajstić information content (AvgIpc) is 3.09. The largest absolute Gasteiger partial charge is 0.326 e. The lowest BCUT2D eigenvalue weighted by Crippen LogP contribution is -2.50. The number of nitrogens with zero attached hydrogens (tertiary/aromatic N) is 3. The molecular formula is C21H28N4O2S. The van der Waals surface area contributed by atoms with Gasteiger partial charge in [0.25, 0.3) is 0 Å². The van der Waals surface area contributed by atoms with Gasteiger partial charge in [0, 0.05) is 24.8 Å². The zero-order chi connectivity index (χ0) is 20.5. The van der Waals surface area contributed by atoms with Crippen molar-refractivity contribution in [3.05, 3.63) is 40.4 Å². The van der Waals surface area contributed by atoms with Crippen molar-refractivity contribution in [3.63, 3.8) is 0 Å². The first-order chi connectivity index (χ1) is 13.1. The van der Waals surface area contributed by atoms with Gasteiger partial charge in [-0.2, -0.15) is 0 Å². The number of carbonyl (C=O) groups is 2. The van der Waals surface area contributed by atoms with E-state index in [4.69, 9.17) is 0 Å². The molecule has 1 N–H and O–H groups in total. The van der Waals surface area contributed by atoms with Gasteiger partial charge in [-0.05, 0) is 17.0 Å². The average molecular weight is 401 g/mol. The molecule has 0 aliphatic carbocycles. The quantitative estimate of drug-likeness (QED) is 0.848. The third-order valence-corrected chi connectivity index (χ3v) is 6.02. The van der Waals surface area contributed by atoms with Gasteiger partial charge in [0.05, 0.1) is 0 Å². The number of hydrogen-bond donors (Lipinski definition) is 1. The third kappa shape index (κ3) is 4.58. The van der Waals surface area contributed by atoms with Crippen LogP contribution in [-0.4, -0.2) is 33.0 Å². The van der Waals surface area contributed by atoms with Gasteiger partial charge in [-0.1, -0.05) is 70.2 Å². The van der Waals surface area contributed by atoms with E-state index in [0.29, 0.717) is 24.5 Å². The summed E-state index contributed by atoms with van der Waals surface area (Å²) in [5.74, 6) is 0.0476. The fourth-order valence-electron chi connectivity index (χ4n) is 3.25. The van der Waals surface area contributed by atoms with E-state index in [1.165, 1.54) is 11.3 Å². The van der Waals surface area contributed by atoms with E-state index >= 15 is 0 Å². The Morgan fingerprint density at radius 3 is 2.50 bits per heavy atom. The summed E-state index contributed by atoms with van der Waals surface area (Å²) in [6, 6.07) is 7.46. The highest BCUT2D eigenvalue weighted by Gasteiger charge is 2.35. The highest BCUT2D eigenvalue weighted by atomic mass is 32.1. The summed E-state index contributed by atoms with van der Waals surface area (Å²) >= 11 is 1.38. The molecule has 0 saturated heterocycles. The summed E-state index contributed by atoms with van der Waals surface area (Å²) in [6.45, 7) is 10.7. The van der Waals surface area contributed by atoms with E-state index in [1.807, 2.05) is 38.1 Å². The second-order valence-electron chi connectivity index (χ2n) is 8.76. The number of rotatable bonds is 4. The van der Waals surface area contributed by atoms with Gasteiger partial charge in [-0.25, -0.2) is 0 Å². The maximum absolute atomic E-state index is 13.1. The summed E-state index contributed by atoms with van der Waals surface area (Å²) in [4.78, 5) is 27.6. The molecule has 1 aromatic carbocycles. The molecule has 6 nitrogen and oxygen atoms in total. The van der Waals surface area contributed by atoms with Crippen LogP contribution in [0, 0.1) is 5.92 Å². The molecule has 0 fully saturated rings. The van der Waals surface area contributed by atoms with Crippen LogP contribution in [-0.2, 0) is 28.0 Å². The standard InChI is InChI=1S/C21H28N4O2S/c1-13(2)10-17(26)25-12-15-9-7-6-8-14(15)11-16(25)18(27)22-20-24-23-19(28-20)21(3,4)5/h6-9,13,16H,10-12H2,1-5H3,(H,22,24,27). The second kappa shape index (κ2) is 7.99. The number of anilines is 1. The van der Waals surface area contributed by atoms with Crippen LogP contribution in [0.2, 0.25) is 0 Å². The van der Waals surface area contributed by atoms with Gasteiger partial charge < -0.3 is 4.90 Å². The van der Waals surface area contributed by atoms with Crippen molar-refractivity contribution in [2.24, 2.45) is 5.92 Å². The minimum atomic E-state index is -0.539. The fraction of sp³-hybridized carbons (Fsp3) is 0.524. The van der Waals surface area contributed by atoms with Crippen LogP contribution < -0.4 is 5.32 Å². The molecule has 0 radical (unpaired) electrons. The maximum atomic E-state index is 13.1. The molecular weight excluding hydrogens is 372 g/mol. The predicted molar refractivity (Wildman–Crippen MR) is 111 cm³/mol. The Hall–Kier alpha value is -2.28. The van der Waals surface area contributed by atoms with Gasteiger partial charge in [-0.15, -0.1) is 10.2 Å². The van der Waals surface area contributed by atoms with Crippen LogP contribution >= 0.6 is 11.3 Å². The van der Waals surface area contributed by atoms with Crippen molar-refractivity contribution in [2.75, 3.05) is 5.32 Å². The van der Waals surface area contributed by atoms with E-state index in [1.54, 1.807) is 4.90 Å². The van der Waals surface area contributed by atoms with Crippen molar-refractivity contribution in [1.29, 1.82) is 0 Å². The molecule has 0 saturated carbocycles. The van der Waals surface area contributed by atoms with Gasteiger partial charge in [0.1, 0.15) is 11.0 Å². The lowest BCUT2D eigenvalue weighted by molar-refractivity contribution is -0.140. The number of hydrogen-bond acceptors (Lipinski definition) is 5. The highest BCUT2D eigenvalue weighted by molar-refractivity contribution is 7.15. The van der Waals surface area contributed by atoms with Crippen molar-refractivity contribution in [3.8, 4) is 0 Å². The molecule has 1 aliphatic rings. The smallest absolute Gasteiger partial charge is 0.249 e. The van der Waals surface area contributed by atoms with Crippen LogP contribution in [0.5, 0.6) is 0 Å². The van der Waals surface area contributed by atoms with Crippen LogP contribution in [0.4, 0.5) is 5.13 Å². The first kappa shape index (κ1) is 20.5. The number of amides is 2. The summed E-state index contributed by atoms with van der Waals surface area (Å²) in [5, 5.41) is 12.5. The zero-order valence-electron chi connectivity index (χ0n) is 17.2. The van der Waals surface area contributed by atoms with E-state index in [-0.39, 0.29) is 23.1 Å². The lowest BCUT2D eigenvalue weighted by Gasteiger charge is -2.36. The van der Waals surface area contributed by atoms with Crippen LogP contribution in [0.1, 0.15) is 57.2 Å². The van der Waals surface area contributed by atoms with Crippen molar-refractivity contribution >= 4 is 28.3 Å². The summed E-state index contributed by atoms with van der Waals surface area (Å²) in [6.07, 6.45) is 0.940. The third-order valence-electron chi connectivity index (χ3n) is 4.75. The predicted octanol–water partition coefficient (Wildman–Crippen LogP) is 3.77. The number of aromatic nitrogens is 2. The van der Waals surface area contributed by atoms with Crippen LogP contribution in [0.25, 0.3) is 0 Å². The molecule has 1 aromatic heterocycles. The molecule has 3 rings (SSSR count). The molecule has 0 spiro atoms. The molecule has 2 amide bonds. The maximum Gasteiger partial charge on any atom is 0.249 e. The molecule has 28 heavy (non-hydrogen) atoms. The Morgan fingerprint density at radius 2 is 1.89 bits per heavy atom. The molecule has 7 heteroatoms. The first-order valence-corrected chi connectivity index (χ1v) is 10.5. The second-order valence-corrected chi connectivity index (χ2v) is 9.74. The van der Waals surface area contributed by atoms with Gasteiger partial charge in [0.15, 0.2) is 0 Å². The van der Waals surface area contributed by atoms with E-state index < -0.39 is 6.04 Å². The van der Waals surface area contributed by atoms with Crippen molar-refractivity contribution in [1.82, 2.24) is 15.1 Å². The Labute approximate surface area is 170 Å². The molecule has 2 aromatic rings. The molecule has 2 heterocycles. The number of fused-ring (bicyclic) bond motifs is 1. The Morgan fingerprint density at radius 1 is 1.21 bits per heavy atom. The van der Waals surface area contributed by atoms with Gasteiger partial charge >= 0.3 is 0 Å². The highest BCUT2D eigenvalue weighted by Crippen LogP contribution is 2.29. The monoisotopic (exact) mass is 400 g/mol. The molecule has 150 valence electrons. The topological polar surface area (TPSA) is 75.2 Å². The van der Waals surface area contributed by atoms with E-state index in [9.17, 15) is 9.59 Å². The number of benzene rings is 1. The SMILES string of the molecule is CC(C)CC(=O)N1Cc2ccccc2CC1C(=O)Nc1nnc(C(C)(C)C)s1. The van der Waals surface area contributed by atoms with Crippen LogP contribution in [0.3, 0.4) is 0 Å². The summed E-state index contributed by atoms with van der Waals surface area (Å²) < 4.78 is 0. The van der Waals surface area contributed by atoms with Crippen molar-refractivity contribution in [2.45, 2.75) is 65.5 Å². The zero-order valence-corrected chi connectivity index (χ0v) is 18.0. The Balaban J connectivity index is 1.82. The molecule has 1 unspecified atom stereocenters. The van der Waals surface area contributed by atoms with Crippen molar-refractivity contribution < 1.29 is 9.59 Å². The Bertz CT molecular complexity index is 869. The Kier molecular flexibility index (Phi) is 5.84. The fourth-order valence-corrected chi connectivity index (χ4v) is 4.06. The summed E-state index contributed by atoms with van der Waals surface area (Å²) in [5.41, 5.74) is 2.10. The van der Waals surface area contributed by atoms with E-state index in [0.717, 1.165) is 16.1 Å². The van der Waals surface area contributed by atoms with Crippen LogP contribution in [0.15, 0.2) is 24.3 Å². The normalized spacial score (nSPS) is 16.8. The molecule has 1 aliphatic heterocycles. The van der Waals surface area contributed by atoms with E-state index in [2.05, 4.69) is 36.3 Å². The summed E-state index contributed by atoms with van der Waals surface area (Å²) in [7, 11) is 0. The molecule has 1 atom stereocenters. The minimum absolute atomic E-state index is 0.0114. The minimum Gasteiger partial charge on any atom is -0.326 e. The van der Waals surface area contributed by atoms with Gasteiger partial charge in [0.2, 0.25) is 16.9 Å². The number of carbonyl (C=O) groups excluding carboxylic acids is 2. The first-order valence-electron chi connectivity index (χ1n) is 9.66. The molecule has 0 bridgehead atoms. The number of nitrogens with one attached hydrogen (secondary N) is 1. The lowest BCUT2D eigenvalue weighted by atomic mass is 9.92. The van der Waals surface area contributed by atoms with Gasteiger partial charge in [-0.3, -0.25) is 14.9 Å².